The lowest BCUT2D eigenvalue weighted by Crippen LogP contribution is -2.21. The molecule has 1 fully saturated rings. The van der Waals surface area contributed by atoms with Gasteiger partial charge in [0.25, 0.3) is 0 Å². The molecule has 1 aliphatic rings. The van der Waals surface area contributed by atoms with Crippen LogP contribution >= 0.6 is 34.5 Å². The summed E-state index contributed by atoms with van der Waals surface area (Å²) in [5, 5.41) is 3.49. The molecule has 2 rings (SSSR count). The molecule has 1 aromatic heterocycles. The summed E-state index contributed by atoms with van der Waals surface area (Å²) in [7, 11) is 0. The van der Waals surface area contributed by atoms with Gasteiger partial charge in [0.1, 0.15) is 0 Å². The summed E-state index contributed by atoms with van der Waals surface area (Å²) in [6.45, 7) is 4.96. The van der Waals surface area contributed by atoms with Crippen molar-refractivity contribution in [3.8, 4) is 0 Å². The predicted octanol–water partition coefficient (Wildman–Crippen LogP) is 4.13. The highest BCUT2D eigenvalue weighted by Crippen LogP contribution is 2.34. The monoisotopic (exact) mass is 293 g/mol. The van der Waals surface area contributed by atoms with Crippen molar-refractivity contribution in [2.75, 3.05) is 19.8 Å². The molecule has 1 N–H and O–H groups in total. The molecule has 0 radical (unpaired) electrons. The number of thiophene rings is 1. The van der Waals surface area contributed by atoms with E-state index >= 15 is 0 Å². The lowest BCUT2D eigenvalue weighted by molar-refractivity contribution is 0.184. The maximum Gasteiger partial charge on any atom is 0.0991 e. The maximum atomic E-state index is 6.12. The second-order valence-electron chi connectivity index (χ2n) is 4.47. The van der Waals surface area contributed by atoms with Crippen LogP contribution in [0.2, 0.25) is 8.67 Å². The summed E-state index contributed by atoms with van der Waals surface area (Å²) in [5.41, 5.74) is 1.10. The highest BCUT2D eigenvalue weighted by Gasteiger charge is 2.16. The van der Waals surface area contributed by atoms with Gasteiger partial charge in [-0.3, -0.25) is 0 Å². The smallest absolute Gasteiger partial charge is 0.0991 e. The zero-order chi connectivity index (χ0) is 12.3. The Kier molecular flexibility index (Phi) is 5.12. The Balaban J connectivity index is 1.76. The van der Waals surface area contributed by atoms with Gasteiger partial charge in [0.15, 0.2) is 0 Å². The SMILES string of the molecule is CC(NCCC1CCOC1)c1cc(Cl)sc1Cl. The van der Waals surface area contributed by atoms with E-state index in [-0.39, 0.29) is 6.04 Å². The van der Waals surface area contributed by atoms with Crippen LogP contribution < -0.4 is 5.32 Å². The quantitative estimate of drug-likeness (QED) is 0.881. The molecular formula is C12H17Cl2NOS. The lowest BCUT2D eigenvalue weighted by atomic mass is 10.0. The van der Waals surface area contributed by atoms with E-state index < -0.39 is 0 Å². The fraction of sp³-hybridized carbons (Fsp3) is 0.667. The highest BCUT2D eigenvalue weighted by molar-refractivity contribution is 7.20. The number of halogens is 2. The Labute approximate surface area is 116 Å². The molecule has 0 spiro atoms. The molecule has 0 bridgehead atoms. The Morgan fingerprint density at radius 1 is 1.59 bits per heavy atom. The standard InChI is InChI=1S/C12H17Cl2NOS/c1-8(10-6-11(13)17-12(10)14)15-4-2-9-3-5-16-7-9/h6,8-9,15H,2-5,7H2,1H3. The van der Waals surface area contributed by atoms with Crippen molar-refractivity contribution in [2.45, 2.75) is 25.8 Å². The summed E-state index contributed by atoms with van der Waals surface area (Å²) >= 11 is 13.5. The van der Waals surface area contributed by atoms with Crippen molar-refractivity contribution in [2.24, 2.45) is 5.92 Å². The van der Waals surface area contributed by atoms with Crippen LogP contribution in [-0.4, -0.2) is 19.8 Å². The number of hydrogen-bond acceptors (Lipinski definition) is 3. The molecule has 1 aliphatic heterocycles. The first-order valence-electron chi connectivity index (χ1n) is 5.92. The third kappa shape index (κ3) is 3.83. The van der Waals surface area contributed by atoms with Crippen LogP contribution in [0.3, 0.4) is 0 Å². The third-order valence-electron chi connectivity index (χ3n) is 3.18. The zero-order valence-corrected chi connectivity index (χ0v) is 12.2. The molecule has 1 aromatic rings. The van der Waals surface area contributed by atoms with Gasteiger partial charge in [-0.2, -0.15) is 0 Å². The predicted molar refractivity (Wildman–Crippen MR) is 74.3 cm³/mol. The molecule has 0 aromatic carbocycles. The first kappa shape index (κ1) is 13.6. The second kappa shape index (κ2) is 6.39. The van der Waals surface area contributed by atoms with Crippen molar-refractivity contribution >= 4 is 34.5 Å². The van der Waals surface area contributed by atoms with Gasteiger partial charge in [0.2, 0.25) is 0 Å². The van der Waals surface area contributed by atoms with Gasteiger partial charge < -0.3 is 10.1 Å². The van der Waals surface area contributed by atoms with Gasteiger partial charge in [-0.1, -0.05) is 23.2 Å². The minimum atomic E-state index is 0.258. The summed E-state index contributed by atoms with van der Waals surface area (Å²) in [6.07, 6.45) is 2.36. The topological polar surface area (TPSA) is 21.3 Å². The fourth-order valence-corrected chi connectivity index (χ4v) is 3.72. The van der Waals surface area contributed by atoms with Crippen LogP contribution in [0.4, 0.5) is 0 Å². The average molecular weight is 294 g/mol. The van der Waals surface area contributed by atoms with Gasteiger partial charge >= 0.3 is 0 Å². The van der Waals surface area contributed by atoms with Crippen molar-refractivity contribution in [1.82, 2.24) is 5.32 Å². The number of rotatable bonds is 5. The largest absolute Gasteiger partial charge is 0.381 e. The number of ether oxygens (including phenoxy) is 1. The molecule has 0 aliphatic carbocycles. The van der Waals surface area contributed by atoms with Gasteiger partial charge in [-0.05, 0) is 43.9 Å². The summed E-state index contributed by atoms with van der Waals surface area (Å²) in [5.74, 6) is 0.719. The van der Waals surface area contributed by atoms with E-state index in [0.29, 0.717) is 0 Å². The van der Waals surface area contributed by atoms with Gasteiger partial charge in [0, 0.05) is 19.3 Å². The first-order valence-corrected chi connectivity index (χ1v) is 7.50. The average Bonchev–Trinajstić information content (AvgIpc) is 2.88. The normalized spacial score (nSPS) is 21.9. The highest BCUT2D eigenvalue weighted by atomic mass is 35.5. The molecule has 1 saturated heterocycles. The van der Waals surface area contributed by atoms with Crippen molar-refractivity contribution in [3.63, 3.8) is 0 Å². The van der Waals surface area contributed by atoms with Crippen LogP contribution in [0.25, 0.3) is 0 Å². The van der Waals surface area contributed by atoms with E-state index in [9.17, 15) is 0 Å². The Bertz CT molecular complexity index is 363. The second-order valence-corrected chi connectivity index (χ2v) is 6.76. The number of nitrogens with one attached hydrogen (secondary N) is 1. The van der Waals surface area contributed by atoms with E-state index in [2.05, 4.69) is 12.2 Å². The Morgan fingerprint density at radius 2 is 2.41 bits per heavy atom. The molecule has 2 nitrogen and oxygen atoms in total. The van der Waals surface area contributed by atoms with Crippen molar-refractivity contribution in [3.05, 3.63) is 20.3 Å². The van der Waals surface area contributed by atoms with E-state index in [4.69, 9.17) is 27.9 Å². The molecule has 0 saturated carbocycles. The van der Waals surface area contributed by atoms with Crippen LogP contribution in [-0.2, 0) is 4.74 Å². The fourth-order valence-electron chi connectivity index (χ4n) is 2.07. The molecule has 2 unspecified atom stereocenters. The van der Waals surface area contributed by atoms with Gasteiger partial charge in [-0.15, -0.1) is 11.3 Å². The Hall–Kier alpha value is 0.200. The summed E-state index contributed by atoms with van der Waals surface area (Å²) < 4.78 is 6.90. The van der Waals surface area contributed by atoms with Gasteiger partial charge in [0.05, 0.1) is 8.67 Å². The maximum absolute atomic E-state index is 6.12. The van der Waals surface area contributed by atoms with E-state index in [1.54, 1.807) is 0 Å². The van der Waals surface area contributed by atoms with Crippen LogP contribution in [0, 0.1) is 5.92 Å². The Morgan fingerprint density at radius 3 is 3.00 bits per heavy atom. The van der Waals surface area contributed by atoms with E-state index in [1.807, 2.05) is 6.07 Å². The molecule has 2 heterocycles. The number of hydrogen-bond donors (Lipinski definition) is 1. The van der Waals surface area contributed by atoms with E-state index in [1.165, 1.54) is 24.2 Å². The summed E-state index contributed by atoms with van der Waals surface area (Å²) in [6, 6.07) is 2.21. The summed E-state index contributed by atoms with van der Waals surface area (Å²) in [4.78, 5) is 0. The van der Waals surface area contributed by atoms with Crippen LogP contribution in [0.5, 0.6) is 0 Å². The zero-order valence-electron chi connectivity index (χ0n) is 9.84. The van der Waals surface area contributed by atoms with Crippen molar-refractivity contribution < 1.29 is 4.74 Å². The molecule has 17 heavy (non-hydrogen) atoms. The molecule has 96 valence electrons. The van der Waals surface area contributed by atoms with Crippen molar-refractivity contribution in [1.29, 1.82) is 0 Å². The van der Waals surface area contributed by atoms with E-state index in [0.717, 1.165) is 39.9 Å². The molecular weight excluding hydrogens is 277 g/mol. The molecule has 2 atom stereocenters. The van der Waals surface area contributed by atoms with Crippen LogP contribution in [0.1, 0.15) is 31.4 Å². The van der Waals surface area contributed by atoms with Crippen LogP contribution in [0.15, 0.2) is 6.07 Å². The minimum Gasteiger partial charge on any atom is -0.381 e. The lowest BCUT2D eigenvalue weighted by Gasteiger charge is -2.14. The van der Waals surface area contributed by atoms with Gasteiger partial charge in [-0.25, -0.2) is 0 Å². The third-order valence-corrected chi connectivity index (χ3v) is 4.69. The minimum absolute atomic E-state index is 0.258. The molecule has 0 amide bonds. The molecule has 5 heteroatoms. The first-order chi connectivity index (χ1) is 8.16.